The van der Waals surface area contributed by atoms with E-state index in [1.165, 1.54) is 0 Å². The van der Waals surface area contributed by atoms with Gasteiger partial charge in [0.2, 0.25) is 0 Å². The number of nitrogens with one attached hydrogen (secondary N) is 1. The zero-order chi connectivity index (χ0) is 19.3. The first kappa shape index (κ1) is 17.2. The quantitative estimate of drug-likeness (QED) is 0.742. The van der Waals surface area contributed by atoms with Crippen molar-refractivity contribution < 1.29 is 9.36 Å². The number of benzene rings is 1. The predicted molar refractivity (Wildman–Crippen MR) is 104 cm³/mol. The number of nitrogens with zero attached hydrogens (tertiary/aromatic N) is 6. The predicted octanol–water partition coefficient (Wildman–Crippen LogP) is 2.10. The fraction of sp³-hybridized carbons (Fsp3) is 0.474. The standard InChI is InChI=1S/C19H23N7O2/c1-11-15-5-4-14(10-16(15)25(3)22-11)17-21-18(27-24-17)13-6-8-26(9-7-13)19-20-12(2)23-28-19/h4-5,10,13,18H,6-9H2,1-3H3,(H,21,24). The van der Waals surface area contributed by atoms with Crippen molar-refractivity contribution in [2.45, 2.75) is 32.9 Å². The molecule has 146 valence electrons. The minimum Gasteiger partial charge on any atom is -0.324 e. The Labute approximate surface area is 162 Å². The number of piperidine rings is 1. The molecule has 5 rings (SSSR count). The van der Waals surface area contributed by atoms with E-state index < -0.39 is 0 Å². The Bertz CT molecular complexity index is 1050. The van der Waals surface area contributed by atoms with Crippen LogP contribution >= 0.6 is 0 Å². The average Bonchev–Trinajstić information content (AvgIpc) is 3.42. The largest absolute Gasteiger partial charge is 0.324 e. The van der Waals surface area contributed by atoms with Crippen molar-refractivity contribution in [3.8, 4) is 0 Å². The van der Waals surface area contributed by atoms with Gasteiger partial charge in [-0.05, 0) is 32.8 Å². The molecule has 0 saturated carbocycles. The first-order valence-corrected chi connectivity index (χ1v) is 9.57. The van der Waals surface area contributed by atoms with Crippen LogP contribution < -0.4 is 10.4 Å². The maximum absolute atomic E-state index is 5.81. The van der Waals surface area contributed by atoms with Gasteiger partial charge in [-0.15, -0.1) is 0 Å². The van der Waals surface area contributed by atoms with E-state index >= 15 is 0 Å². The normalized spacial score (nSPS) is 20.6. The van der Waals surface area contributed by atoms with Crippen LogP contribution in [0.4, 0.5) is 6.01 Å². The van der Waals surface area contributed by atoms with Crippen LogP contribution in [0.15, 0.2) is 27.7 Å². The number of aryl methyl sites for hydroxylation is 3. The number of rotatable bonds is 3. The molecule has 0 bridgehead atoms. The van der Waals surface area contributed by atoms with Gasteiger partial charge in [0, 0.05) is 37.0 Å². The van der Waals surface area contributed by atoms with Crippen molar-refractivity contribution in [1.29, 1.82) is 0 Å². The lowest BCUT2D eigenvalue weighted by molar-refractivity contribution is -0.00571. The maximum Gasteiger partial charge on any atom is 0.324 e. The molecule has 1 unspecified atom stereocenters. The topological polar surface area (TPSA) is 93.6 Å². The van der Waals surface area contributed by atoms with Crippen molar-refractivity contribution in [3.05, 3.63) is 35.3 Å². The molecule has 0 aliphatic carbocycles. The first-order valence-electron chi connectivity index (χ1n) is 9.57. The number of aliphatic imine (C=N–C) groups is 1. The second kappa shape index (κ2) is 6.59. The third-order valence-corrected chi connectivity index (χ3v) is 5.57. The molecular formula is C19H23N7O2. The summed E-state index contributed by atoms with van der Waals surface area (Å²) < 4.78 is 7.17. The Morgan fingerprint density at radius 2 is 2.00 bits per heavy atom. The monoisotopic (exact) mass is 381 g/mol. The van der Waals surface area contributed by atoms with E-state index in [0.29, 0.717) is 17.8 Å². The van der Waals surface area contributed by atoms with E-state index in [1.807, 2.05) is 25.6 Å². The summed E-state index contributed by atoms with van der Waals surface area (Å²) in [6, 6.07) is 6.86. The van der Waals surface area contributed by atoms with Crippen LogP contribution in [-0.2, 0) is 11.9 Å². The Balaban J connectivity index is 1.29. The van der Waals surface area contributed by atoms with Gasteiger partial charge < -0.3 is 9.42 Å². The van der Waals surface area contributed by atoms with E-state index in [9.17, 15) is 0 Å². The Kier molecular flexibility index (Phi) is 4.04. The molecule has 3 aromatic rings. The number of hydroxylamine groups is 1. The third kappa shape index (κ3) is 2.91. The Hall–Kier alpha value is -2.94. The van der Waals surface area contributed by atoms with Gasteiger partial charge >= 0.3 is 6.01 Å². The molecule has 1 aromatic carbocycles. The molecular weight excluding hydrogens is 358 g/mol. The molecule has 4 heterocycles. The van der Waals surface area contributed by atoms with Crippen molar-refractivity contribution in [2.75, 3.05) is 18.0 Å². The zero-order valence-electron chi connectivity index (χ0n) is 16.2. The van der Waals surface area contributed by atoms with Crippen LogP contribution in [-0.4, -0.2) is 45.1 Å². The molecule has 2 aliphatic heterocycles. The molecule has 2 aliphatic rings. The van der Waals surface area contributed by atoms with E-state index in [1.54, 1.807) is 0 Å². The van der Waals surface area contributed by atoms with Gasteiger partial charge in [0.15, 0.2) is 17.9 Å². The van der Waals surface area contributed by atoms with Crippen molar-refractivity contribution in [3.63, 3.8) is 0 Å². The van der Waals surface area contributed by atoms with Crippen LogP contribution in [0.2, 0.25) is 0 Å². The summed E-state index contributed by atoms with van der Waals surface area (Å²) in [6.07, 6.45) is 1.75. The molecule has 1 fully saturated rings. The molecule has 0 radical (unpaired) electrons. The molecule has 2 aromatic heterocycles. The molecule has 1 N–H and O–H groups in total. The molecule has 9 heteroatoms. The number of fused-ring (bicyclic) bond motifs is 1. The Morgan fingerprint density at radius 1 is 1.18 bits per heavy atom. The van der Waals surface area contributed by atoms with Gasteiger partial charge in [-0.2, -0.15) is 10.1 Å². The van der Waals surface area contributed by atoms with E-state index in [0.717, 1.165) is 53.9 Å². The number of anilines is 1. The third-order valence-electron chi connectivity index (χ3n) is 5.57. The number of hydrogen-bond acceptors (Lipinski definition) is 8. The second-order valence-corrected chi connectivity index (χ2v) is 7.48. The summed E-state index contributed by atoms with van der Waals surface area (Å²) in [6.45, 7) is 5.57. The summed E-state index contributed by atoms with van der Waals surface area (Å²) in [4.78, 5) is 17.1. The fourth-order valence-corrected chi connectivity index (χ4v) is 4.01. The molecule has 1 atom stereocenters. The van der Waals surface area contributed by atoms with Gasteiger partial charge in [0.05, 0.1) is 11.2 Å². The highest BCUT2D eigenvalue weighted by Crippen LogP contribution is 2.28. The van der Waals surface area contributed by atoms with Crippen LogP contribution in [0, 0.1) is 19.8 Å². The van der Waals surface area contributed by atoms with E-state index in [4.69, 9.17) is 14.4 Å². The lowest BCUT2D eigenvalue weighted by atomic mass is 9.95. The summed E-state index contributed by atoms with van der Waals surface area (Å²) >= 11 is 0. The molecule has 0 amide bonds. The minimum absolute atomic E-state index is 0.175. The molecule has 9 nitrogen and oxygen atoms in total. The Morgan fingerprint density at radius 3 is 2.75 bits per heavy atom. The zero-order valence-corrected chi connectivity index (χ0v) is 16.2. The molecule has 28 heavy (non-hydrogen) atoms. The van der Waals surface area contributed by atoms with Crippen LogP contribution in [0.5, 0.6) is 0 Å². The van der Waals surface area contributed by atoms with Crippen LogP contribution in [0.3, 0.4) is 0 Å². The van der Waals surface area contributed by atoms with E-state index in [-0.39, 0.29) is 6.23 Å². The molecule has 1 saturated heterocycles. The first-order chi connectivity index (χ1) is 13.6. The van der Waals surface area contributed by atoms with Crippen LogP contribution in [0.1, 0.15) is 29.9 Å². The van der Waals surface area contributed by atoms with Gasteiger partial charge in [-0.3, -0.25) is 4.68 Å². The number of aromatic nitrogens is 4. The average molecular weight is 381 g/mol. The molecule has 0 spiro atoms. The van der Waals surface area contributed by atoms with Crippen molar-refractivity contribution in [1.82, 2.24) is 25.4 Å². The summed E-state index contributed by atoms with van der Waals surface area (Å²) in [5.74, 6) is 1.80. The minimum atomic E-state index is -0.175. The number of hydrogen-bond donors (Lipinski definition) is 1. The second-order valence-electron chi connectivity index (χ2n) is 7.48. The highest BCUT2D eigenvalue weighted by molar-refractivity contribution is 6.01. The van der Waals surface area contributed by atoms with Gasteiger partial charge in [-0.1, -0.05) is 17.3 Å². The number of amidine groups is 1. The highest BCUT2D eigenvalue weighted by atomic mass is 16.7. The lowest BCUT2D eigenvalue weighted by Gasteiger charge is -2.31. The lowest BCUT2D eigenvalue weighted by Crippen LogP contribution is -2.38. The SMILES string of the molecule is Cc1noc(N2CCC(C3N=C(c4ccc5c(C)nn(C)c5c4)NO3)CC2)n1. The van der Waals surface area contributed by atoms with Gasteiger partial charge in [0.25, 0.3) is 0 Å². The maximum atomic E-state index is 5.81. The summed E-state index contributed by atoms with van der Waals surface area (Å²) in [5.41, 5.74) is 6.15. The highest BCUT2D eigenvalue weighted by Gasteiger charge is 2.32. The fourth-order valence-electron chi connectivity index (χ4n) is 4.01. The van der Waals surface area contributed by atoms with Crippen LogP contribution in [0.25, 0.3) is 10.9 Å². The van der Waals surface area contributed by atoms with Gasteiger partial charge in [0.1, 0.15) is 0 Å². The smallest absolute Gasteiger partial charge is 0.324 e. The summed E-state index contributed by atoms with van der Waals surface area (Å²) in [7, 11) is 1.96. The summed E-state index contributed by atoms with van der Waals surface area (Å²) in [5, 5.41) is 9.51. The van der Waals surface area contributed by atoms with Gasteiger partial charge in [-0.25, -0.2) is 15.3 Å². The van der Waals surface area contributed by atoms with Crippen molar-refractivity contribution in [2.24, 2.45) is 18.0 Å². The van der Waals surface area contributed by atoms with E-state index in [2.05, 4.69) is 43.8 Å². The van der Waals surface area contributed by atoms with Crippen molar-refractivity contribution >= 4 is 22.8 Å².